The van der Waals surface area contributed by atoms with Crippen molar-refractivity contribution in [2.45, 2.75) is 32.4 Å². The van der Waals surface area contributed by atoms with Crippen LogP contribution in [0, 0.1) is 0 Å². The van der Waals surface area contributed by atoms with Crippen LogP contribution in [-0.4, -0.2) is 73.8 Å². The van der Waals surface area contributed by atoms with Crippen LogP contribution in [0.15, 0.2) is 0 Å². The van der Waals surface area contributed by atoms with Crippen LogP contribution >= 0.6 is 11.8 Å². The smallest absolute Gasteiger partial charge is 0.411 e. The van der Waals surface area contributed by atoms with Crippen molar-refractivity contribution < 1.29 is 28.5 Å². The van der Waals surface area contributed by atoms with Gasteiger partial charge in [-0.3, -0.25) is 4.90 Å². The van der Waals surface area contributed by atoms with Gasteiger partial charge in [-0.2, -0.15) is 0 Å². The molecule has 0 unspecified atom stereocenters. The average molecular weight is 335 g/mol. The Kier molecular flexibility index (Phi) is 7.98. The average Bonchev–Trinajstić information content (AvgIpc) is 2.90. The molecule has 22 heavy (non-hydrogen) atoms. The summed E-state index contributed by atoms with van der Waals surface area (Å²) < 4.78 is 20.5. The molecule has 0 N–H and O–H groups in total. The van der Waals surface area contributed by atoms with Crippen molar-refractivity contribution in [1.82, 2.24) is 4.90 Å². The number of hydrogen-bond donors (Lipinski definition) is 0. The number of hydrogen-bond acceptors (Lipinski definition) is 7. The first-order valence-electron chi connectivity index (χ1n) is 7.16. The molecule has 0 aliphatic carbocycles. The lowest BCUT2D eigenvalue weighted by Gasteiger charge is -2.27. The van der Waals surface area contributed by atoms with E-state index in [1.165, 1.54) is 16.7 Å². The Morgan fingerprint density at radius 3 is 2.50 bits per heavy atom. The van der Waals surface area contributed by atoms with Gasteiger partial charge in [0.05, 0.1) is 25.7 Å². The summed E-state index contributed by atoms with van der Waals surface area (Å²) in [4.78, 5) is 25.5. The van der Waals surface area contributed by atoms with Crippen LogP contribution in [0.4, 0.5) is 4.79 Å². The van der Waals surface area contributed by atoms with Crippen LogP contribution in [-0.2, 0) is 23.7 Å². The van der Waals surface area contributed by atoms with Gasteiger partial charge in [0.1, 0.15) is 18.2 Å². The van der Waals surface area contributed by atoms with E-state index >= 15 is 0 Å². The predicted octanol–water partition coefficient (Wildman–Crippen LogP) is 1.50. The quantitative estimate of drug-likeness (QED) is 0.515. The van der Waals surface area contributed by atoms with Crippen molar-refractivity contribution in [3.8, 4) is 0 Å². The van der Waals surface area contributed by atoms with Crippen molar-refractivity contribution in [1.29, 1.82) is 0 Å². The number of nitrogens with zero attached hydrogens (tertiary/aromatic N) is 1. The van der Waals surface area contributed by atoms with E-state index in [9.17, 15) is 9.59 Å². The molecule has 1 amide bonds. The SMILES string of the molecule is COCCOCCOC(=O)[C@H]1CSCN1C(=O)OC(C)(C)C. The highest BCUT2D eigenvalue weighted by Crippen LogP contribution is 2.24. The number of thioether (sulfide) groups is 1. The number of rotatable bonds is 7. The van der Waals surface area contributed by atoms with Crippen molar-refractivity contribution in [2.75, 3.05) is 45.2 Å². The van der Waals surface area contributed by atoms with Gasteiger partial charge >= 0.3 is 12.1 Å². The third-order valence-electron chi connectivity index (χ3n) is 2.69. The van der Waals surface area contributed by atoms with E-state index in [1.807, 2.05) is 0 Å². The lowest BCUT2D eigenvalue weighted by atomic mass is 10.2. The van der Waals surface area contributed by atoms with E-state index in [0.717, 1.165) is 0 Å². The maximum absolute atomic E-state index is 12.1. The molecule has 0 aromatic carbocycles. The first kappa shape index (κ1) is 19.1. The van der Waals surface area contributed by atoms with Crippen molar-refractivity contribution in [3.63, 3.8) is 0 Å². The van der Waals surface area contributed by atoms with Gasteiger partial charge in [0.25, 0.3) is 0 Å². The van der Waals surface area contributed by atoms with Crippen molar-refractivity contribution >= 4 is 23.8 Å². The molecule has 0 saturated carbocycles. The lowest BCUT2D eigenvalue weighted by Crippen LogP contribution is -2.45. The molecule has 1 fully saturated rings. The molecule has 1 atom stereocenters. The molecule has 0 spiro atoms. The monoisotopic (exact) mass is 335 g/mol. The Balaban J connectivity index is 2.35. The first-order chi connectivity index (χ1) is 10.3. The van der Waals surface area contributed by atoms with E-state index in [1.54, 1.807) is 27.9 Å². The van der Waals surface area contributed by atoms with Gasteiger partial charge in [-0.15, -0.1) is 11.8 Å². The minimum atomic E-state index is -0.598. The fourth-order valence-corrected chi connectivity index (χ4v) is 2.81. The maximum Gasteiger partial charge on any atom is 0.411 e. The van der Waals surface area contributed by atoms with E-state index < -0.39 is 23.7 Å². The molecule has 0 aromatic heterocycles. The summed E-state index contributed by atoms with van der Waals surface area (Å²) in [7, 11) is 1.59. The van der Waals surface area contributed by atoms with Crippen LogP contribution in [0.3, 0.4) is 0 Å². The van der Waals surface area contributed by atoms with E-state index in [2.05, 4.69) is 0 Å². The van der Waals surface area contributed by atoms with Gasteiger partial charge in [0, 0.05) is 12.9 Å². The summed E-state index contributed by atoms with van der Waals surface area (Å²) in [5.74, 6) is 0.521. The zero-order chi connectivity index (χ0) is 16.6. The first-order valence-corrected chi connectivity index (χ1v) is 8.31. The summed E-state index contributed by atoms with van der Waals surface area (Å²) in [5.41, 5.74) is -0.589. The Hall–Kier alpha value is -0.990. The van der Waals surface area contributed by atoms with Gasteiger partial charge in [0.15, 0.2) is 0 Å². The normalized spacial score (nSPS) is 18.4. The van der Waals surface area contributed by atoms with Crippen LogP contribution in [0.1, 0.15) is 20.8 Å². The summed E-state index contributed by atoms with van der Waals surface area (Å²) in [6, 6.07) is -0.598. The predicted molar refractivity (Wildman–Crippen MR) is 82.8 cm³/mol. The highest BCUT2D eigenvalue weighted by molar-refractivity contribution is 7.99. The molecule has 1 heterocycles. The van der Waals surface area contributed by atoms with E-state index in [0.29, 0.717) is 31.5 Å². The minimum Gasteiger partial charge on any atom is -0.462 e. The lowest BCUT2D eigenvalue weighted by molar-refractivity contribution is -0.150. The van der Waals surface area contributed by atoms with Crippen LogP contribution in [0.5, 0.6) is 0 Å². The third kappa shape index (κ3) is 6.85. The Morgan fingerprint density at radius 2 is 1.86 bits per heavy atom. The van der Waals surface area contributed by atoms with E-state index in [-0.39, 0.29) is 6.61 Å². The number of ether oxygens (including phenoxy) is 4. The Labute approximate surface area is 135 Å². The molecule has 1 aliphatic rings. The molecular formula is C14H25NO6S. The molecule has 1 saturated heterocycles. The highest BCUT2D eigenvalue weighted by atomic mass is 32.2. The number of carbonyl (C=O) groups excluding carboxylic acids is 2. The topological polar surface area (TPSA) is 74.3 Å². The van der Waals surface area contributed by atoms with Crippen LogP contribution < -0.4 is 0 Å². The second kappa shape index (κ2) is 9.22. The maximum atomic E-state index is 12.1. The van der Waals surface area contributed by atoms with Gasteiger partial charge in [0.2, 0.25) is 0 Å². The standard InChI is InChI=1S/C14H25NO6S/c1-14(2,3)21-13(17)15-10-22-9-11(15)12(16)20-8-7-19-6-5-18-4/h11H,5-10H2,1-4H3/t11-/m1/s1. The third-order valence-corrected chi connectivity index (χ3v) is 3.70. The highest BCUT2D eigenvalue weighted by Gasteiger charge is 2.38. The van der Waals surface area contributed by atoms with Crippen molar-refractivity contribution in [3.05, 3.63) is 0 Å². The fraction of sp³-hybridized carbons (Fsp3) is 0.857. The summed E-state index contributed by atoms with van der Waals surface area (Å²) in [5, 5.41) is 0. The molecule has 0 bridgehead atoms. The van der Waals surface area contributed by atoms with Gasteiger partial charge in [-0.1, -0.05) is 0 Å². The largest absolute Gasteiger partial charge is 0.462 e. The van der Waals surface area contributed by atoms with E-state index in [4.69, 9.17) is 18.9 Å². The number of esters is 1. The zero-order valence-electron chi connectivity index (χ0n) is 13.6. The van der Waals surface area contributed by atoms with Gasteiger partial charge in [-0.25, -0.2) is 9.59 Å². The van der Waals surface area contributed by atoms with Crippen LogP contribution in [0.2, 0.25) is 0 Å². The molecule has 1 rings (SSSR count). The Bertz CT molecular complexity index is 371. The minimum absolute atomic E-state index is 0.159. The van der Waals surface area contributed by atoms with Gasteiger partial charge < -0.3 is 18.9 Å². The number of carbonyl (C=O) groups is 2. The summed E-state index contributed by atoms with van der Waals surface area (Å²) in [6.07, 6.45) is -0.490. The fourth-order valence-electron chi connectivity index (χ4n) is 1.68. The molecule has 7 nitrogen and oxygen atoms in total. The molecule has 8 heteroatoms. The zero-order valence-corrected chi connectivity index (χ0v) is 14.4. The van der Waals surface area contributed by atoms with Crippen molar-refractivity contribution in [2.24, 2.45) is 0 Å². The number of amides is 1. The molecular weight excluding hydrogens is 310 g/mol. The second-order valence-electron chi connectivity index (χ2n) is 5.74. The molecule has 0 aromatic rings. The second-order valence-corrected chi connectivity index (χ2v) is 6.74. The molecule has 128 valence electrons. The number of methoxy groups -OCH3 is 1. The molecule has 1 aliphatic heterocycles. The molecule has 0 radical (unpaired) electrons. The van der Waals surface area contributed by atoms with Gasteiger partial charge in [-0.05, 0) is 20.8 Å². The van der Waals surface area contributed by atoms with Crippen LogP contribution in [0.25, 0.3) is 0 Å². The summed E-state index contributed by atoms with van der Waals surface area (Å²) in [6.45, 7) is 6.79. The Morgan fingerprint density at radius 1 is 1.18 bits per heavy atom. The summed E-state index contributed by atoms with van der Waals surface area (Å²) >= 11 is 1.50.